The van der Waals surface area contributed by atoms with Gasteiger partial charge in [0.15, 0.2) is 0 Å². The van der Waals surface area contributed by atoms with Gasteiger partial charge in [0.1, 0.15) is 0 Å². The molecule has 1 aliphatic rings. The van der Waals surface area contributed by atoms with Gasteiger partial charge < -0.3 is 9.47 Å². The molecule has 2 rings (SSSR count). The van der Waals surface area contributed by atoms with E-state index in [0.717, 1.165) is 12.8 Å². The van der Waals surface area contributed by atoms with Gasteiger partial charge in [-0.3, -0.25) is 0 Å². The number of ether oxygens (including phenoxy) is 2. The monoisotopic (exact) mass is 374 g/mol. The number of carbonyl (C=O) groups excluding carboxylic acids is 1. The van der Waals surface area contributed by atoms with Crippen molar-refractivity contribution in [1.82, 2.24) is 0 Å². The van der Waals surface area contributed by atoms with E-state index in [1.54, 1.807) is 12.1 Å². The summed E-state index contributed by atoms with van der Waals surface area (Å²) < 4.78 is 11.1. The fourth-order valence-corrected chi connectivity index (χ4v) is 3.61. The SMILES string of the molecule is CCCCCCCCC1OC1CCCCCCCOC(=O)c1ccccc1. The van der Waals surface area contributed by atoms with Crippen LogP contribution in [-0.2, 0) is 9.47 Å². The smallest absolute Gasteiger partial charge is 0.338 e. The van der Waals surface area contributed by atoms with E-state index in [-0.39, 0.29) is 5.97 Å². The minimum atomic E-state index is -0.210. The van der Waals surface area contributed by atoms with Crippen LogP contribution in [0.4, 0.5) is 0 Å². The van der Waals surface area contributed by atoms with Crippen molar-refractivity contribution in [1.29, 1.82) is 0 Å². The number of hydrogen-bond acceptors (Lipinski definition) is 3. The van der Waals surface area contributed by atoms with Crippen molar-refractivity contribution in [3.8, 4) is 0 Å². The van der Waals surface area contributed by atoms with Crippen molar-refractivity contribution >= 4 is 5.97 Å². The Labute approximate surface area is 165 Å². The second-order valence-corrected chi connectivity index (χ2v) is 7.83. The molecule has 0 saturated carbocycles. The zero-order chi connectivity index (χ0) is 19.2. The third-order valence-electron chi connectivity index (χ3n) is 5.41. The zero-order valence-corrected chi connectivity index (χ0v) is 17.2. The van der Waals surface area contributed by atoms with Gasteiger partial charge in [-0.15, -0.1) is 0 Å². The molecule has 2 atom stereocenters. The Kier molecular flexibility index (Phi) is 11.2. The lowest BCUT2D eigenvalue weighted by Crippen LogP contribution is -2.06. The molecule has 0 amide bonds. The quantitative estimate of drug-likeness (QED) is 0.183. The third kappa shape index (κ3) is 9.95. The minimum Gasteiger partial charge on any atom is -0.462 e. The van der Waals surface area contributed by atoms with Crippen molar-refractivity contribution in [2.24, 2.45) is 0 Å². The van der Waals surface area contributed by atoms with Crippen LogP contribution >= 0.6 is 0 Å². The number of hydrogen-bond donors (Lipinski definition) is 0. The maximum absolute atomic E-state index is 11.8. The van der Waals surface area contributed by atoms with Crippen LogP contribution in [0.1, 0.15) is 101 Å². The van der Waals surface area contributed by atoms with E-state index in [4.69, 9.17) is 9.47 Å². The summed E-state index contributed by atoms with van der Waals surface area (Å²) >= 11 is 0. The van der Waals surface area contributed by atoms with E-state index in [1.165, 1.54) is 70.6 Å². The number of esters is 1. The molecule has 1 aliphatic heterocycles. The largest absolute Gasteiger partial charge is 0.462 e. The zero-order valence-electron chi connectivity index (χ0n) is 17.2. The average molecular weight is 375 g/mol. The average Bonchev–Trinajstić information content (AvgIpc) is 3.45. The first-order chi connectivity index (χ1) is 13.3. The number of rotatable bonds is 16. The number of carbonyl (C=O) groups is 1. The fraction of sp³-hybridized carbons (Fsp3) is 0.708. The van der Waals surface area contributed by atoms with Gasteiger partial charge in [-0.05, 0) is 31.4 Å². The number of unbranched alkanes of at least 4 members (excludes halogenated alkanes) is 9. The summed E-state index contributed by atoms with van der Waals surface area (Å²) in [5, 5.41) is 0. The summed E-state index contributed by atoms with van der Waals surface area (Å²) in [7, 11) is 0. The highest BCUT2D eigenvalue weighted by molar-refractivity contribution is 5.89. The summed E-state index contributed by atoms with van der Waals surface area (Å²) in [6.07, 6.45) is 17.7. The fourth-order valence-electron chi connectivity index (χ4n) is 3.61. The van der Waals surface area contributed by atoms with E-state index < -0.39 is 0 Å². The minimum absolute atomic E-state index is 0.210. The Balaban J connectivity index is 1.33. The second kappa shape index (κ2) is 13.8. The standard InChI is InChI=1S/C24H38O3/c1-2-3-4-5-7-13-18-22-23(27-22)19-14-8-6-9-15-20-26-24(25)21-16-11-10-12-17-21/h10-12,16-17,22-23H,2-9,13-15,18-20H2,1H3. The molecule has 3 heteroatoms. The van der Waals surface area contributed by atoms with Crippen LogP contribution in [0.25, 0.3) is 0 Å². The van der Waals surface area contributed by atoms with Crippen molar-refractivity contribution < 1.29 is 14.3 Å². The highest BCUT2D eigenvalue weighted by atomic mass is 16.6. The number of epoxide rings is 1. The van der Waals surface area contributed by atoms with Gasteiger partial charge in [0, 0.05) is 0 Å². The van der Waals surface area contributed by atoms with Crippen LogP contribution in [0.5, 0.6) is 0 Å². The maximum Gasteiger partial charge on any atom is 0.338 e. The van der Waals surface area contributed by atoms with E-state index in [9.17, 15) is 4.79 Å². The van der Waals surface area contributed by atoms with Crippen molar-refractivity contribution in [3.05, 3.63) is 35.9 Å². The molecule has 152 valence electrons. The molecule has 1 heterocycles. The van der Waals surface area contributed by atoms with E-state index in [0.29, 0.717) is 24.4 Å². The Morgan fingerprint density at radius 3 is 2.00 bits per heavy atom. The van der Waals surface area contributed by atoms with Crippen LogP contribution in [0.3, 0.4) is 0 Å². The lowest BCUT2D eigenvalue weighted by Gasteiger charge is -2.04. The van der Waals surface area contributed by atoms with Gasteiger partial charge in [-0.25, -0.2) is 4.79 Å². The first-order valence-electron chi connectivity index (χ1n) is 11.2. The van der Waals surface area contributed by atoms with Gasteiger partial charge in [-0.1, -0.05) is 89.3 Å². The summed E-state index contributed by atoms with van der Waals surface area (Å²) in [6, 6.07) is 9.21. The van der Waals surface area contributed by atoms with Crippen LogP contribution in [0, 0.1) is 0 Å². The van der Waals surface area contributed by atoms with Crippen molar-refractivity contribution in [2.75, 3.05) is 6.61 Å². The van der Waals surface area contributed by atoms with Crippen LogP contribution in [-0.4, -0.2) is 24.8 Å². The first kappa shape index (κ1) is 21.9. The van der Waals surface area contributed by atoms with Crippen LogP contribution in [0.2, 0.25) is 0 Å². The molecule has 1 saturated heterocycles. The van der Waals surface area contributed by atoms with Gasteiger partial charge in [0.25, 0.3) is 0 Å². The van der Waals surface area contributed by atoms with Crippen LogP contribution < -0.4 is 0 Å². The van der Waals surface area contributed by atoms with Crippen LogP contribution in [0.15, 0.2) is 30.3 Å². The summed E-state index contributed by atoms with van der Waals surface area (Å²) in [5.41, 5.74) is 0.637. The molecule has 0 spiro atoms. The normalized spacial score (nSPS) is 18.4. The van der Waals surface area contributed by atoms with Gasteiger partial charge in [-0.2, -0.15) is 0 Å². The molecule has 0 aromatic heterocycles. The van der Waals surface area contributed by atoms with Crippen molar-refractivity contribution in [3.63, 3.8) is 0 Å². The molecule has 0 radical (unpaired) electrons. The predicted octanol–water partition coefficient (Wildman–Crippen LogP) is 6.70. The molecule has 1 aromatic carbocycles. The summed E-state index contributed by atoms with van der Waals surface area (Å²) in [6.45, 7) is 2.79. The summed E-state index contributed by atoms with van der Waals surface area (Å²) in [4.78, 5) is 11.8. The molecule has 1 fully saturated rings. The summed E-state index contributed by atoms with van der Waals surface area (Å²) in [5.74, 6) is -0.210. The molecular weight excluding hydrogens is 336 g/mol. The molecule has 0 N–H and O–H groups in total. The van der Waals surface area contributed by atoms with E-state index in [1.807, 2.05) is 18.2 Å². The molecule has 1 aromatic rings. The first-order valence-corrected chi connectivity index (χ1v) is 11.2. The van der Waals surface area contributed by atoms with Gasteiger partial charge in [0.2, 0.25) is 0 Å². The lowest BCUT2D eigenvalue weighted by atomic mass is 10.0. The Hall–Kier alpha value is -1.35. The Morgan fingerprint density at radius 2 is 1.37 bits per heavy atom. The van der Waals surface area contributed by atoms with Crippen molar-refractivity contribution in [2.45, 2.75) is 103 Å². The third-order valence-corrected chi connectivity index (χ3v) is 5.41. The molecule has 0 aliphatic carbocycles. The molecule has 2 unspecified atom stereocenters. The van der Waals surface area contributed by atoms with E-state index in [2.05, 4.69) is 6.92 Å². The highest BCUT2D eigenvalue weighted by Gasteiger charge is 2.36. The molecule has 27 heavy (non-hydrogen) atoms. The second-order valence-electron chi connectivity index (χ2n) is 7.83. The predicted molar refractivity (Wildman–Crippen MR) is 111 cm³/mol. The lowest BCUT2D eigenvalue weighted by molar-refractivity contribution is 0.0497. The highest BCUT2D eigenvalue weighted by Crippen LogP contribution is 2.31. The molecular formula is C24H38O3. The van der Waals surface area contributed by atoms with Gasteiger partial charge >= 0.3 is 5.97 Å². The maximum atomic E-state index is 11.8. The molecule has 3 nitrogen and oxygen atoms in total. The Morgan fingerprint density at radius 1 is 0.815 bits per heavy atom. The van der Waals surface area contributed by atoms with Gasteiger partial charge in [0.05, 0.1) is 24.4 Å². The topological polar surface area (TPSA) is 38.8 Å². The van der Waals surface area contributed by atoms with E-state index >= 15 is 0 Å². The number of benzene rings is 1. The Bertz CT molecular complexity index is 500. The molecule has 0 bridgehead atoms.